The monoisotopic (exact) mass is 360 g/mol. The number of aryl methyl sites for hydroxylation is 2. The third-order valence-corrected chi connectivity index (χ3v) is 4.31. The van der Waals surface area contributed by atoms with Crippen LogP contribution in [0.2, 0.25) is 0 Å². The molecular weight excluding hydrogens is 340 g/mol. The molecule has 0 saturated carbocycles. The number of fused-ring (bicyclic) bond motifs is 1. The van der Waals surface area contributed by atoms with Crippen LogP contribution >= 0.6 is 11.8 Å². The highest BCUT2D eigenvalue weighted by atomic mass is 32.2. The van der Waals surface area contributed by atoms with E-state index in [1.54, 1.807) is 10.6 Å². The Morgan fingerprint density at radius 2 is 2.04 bits per heavy atom. The van der Waals surface area contributed by atoms with Crippen molar-refractivity contribution in [1.82, 2.24) is 24.7 Å². The molecule has 3 aromatic rings. The fourth-order valence-electron chi connectivity index (χ4n) is 2.20. The summed E-state index contributed by atoms with van der Waals surface area (Å²) < 4.78 is 6.82. The largest absolute Gasteiger partial charge is 0.338 e. The zero-order chi connectivity index (χ0) is 18.2. The van der Waals surface area contributed by atoms with Crippen LogP contribution < -0.4 is 5.32 Å². The Balaban J connectivity index is 1.62. The highest BCUT2D eigenvalue weighted by Crippen LogP contribution is 2.24. The molecule has 0 spiro atoms. The molecule has 0 aliphatic heterocycles. The minimum Gasteiger partial charge on any atom is -0.338 e. The predicted octanol–water partition coefficient (Wildman–Crippen LogP) is 2.76. The van der Waals surface area contributed by atoms with Gasteiger partial charge in [0, 0.05) is 22.9 Å². The molecule has 1 amide bonds. The van der Waals surface area contributed by atoms with E-state index in [-0.39, 0.29) is 17.1 Å². The summed E-state index contributed by atoms with van der Waals surface area (Å²) in [5.74, 6) is 0.832. The smallest absolute Gasteiger partial charge is 0.253 e. The number of rotatable bonds is 4. The molecule has 9 heteroatoms. The van der Waals surface area contributed by atoms with Gasteiger partial charge in [0.2, 0.25) is 16.9 Å². The number of nitrogens with one attached hydrogen (secondary N) is 1. The summed E-state index contributed by atoms with van der Waals surface area (Å²) >= 11 is 1.24. The molecule has 8 nitrogen and oxygen atoms in total. The van der Waals surface area contributed by atoms with Gasteiger partial charge < -0.3 is 4.52 Å². The van der Waals surface area contributed by atoms with E-state index in [0.717, 1.165) is 17.1 Å². The van der Waals surface area contributed by atoms with Crippen molar-refractivity contribution in [2.45, 2.75) is 45.2 Å². The number of amides is 1. The summed E-state index contributed by atoms with van der Waals surface area (Å²) in [6.07, 6.45) is 0. The average molecular weight is 360 g/mol. The fourth-order valence-corrected chi connectivity index (χ4v) is 2.82. The lowest BCUT2D eigenvalue weighted by Gasteiger charge is -2.12. The lowest BCUT2D eigenvalue weighted by atomic mass is 9.92. The van der Waals surface area contributed by atoms with E-state index in [0.29, 0.717) is 16.8 Å². The average Bonchev–Trinajstić information content (AvgIpc) is 3.11. The SMILES string of the molecule is Cc1cc(C)n2nc(SCC(=O)Nc3cc(C(C)(C)C)no3)nc2n1. The van der Waals surface area contributed by atoms with Crippen LogP contribution in [-0.2, 0) is 10.2 Å². The van der Waals surface area contributed by atoms with E-state index in [2.05, 4.69) is 25.5 Å². The van der Waals surface area contributed by atoms with Crippen LogP contribution in [0.3, 0.4) is 0 Å². The minimum atomic E-state index is -0.207. The lowest BCUT2D eigenvalue weighted by Crippen LogP contribution is -2.14. The van der Waals surface area contributed by atoms with E-state index in [1.165, 1.54) is 11.8 Å². The van der Waals surface area contributed by atoms with Crippen LogP contribution in [0.4, 0.5) is 5.88 Å². The van der Waals surface area contributed by atoms with Gasteiger partial charge in [-0.25, -0.2) is 9.50 Å². The van der Waals surface area contributed by atoms with E-state index >= 15 is 0 Å². The highest BCUT2D eigenvalue weighted by molar-refractivity contribution is 7.99. The molecule has 0 unspecified atom stereocenters. The van der Waals surface area contributed by atoms with Crippen LogP contribution in [0, 0.1) is 13.8 Å². The number of anilines is 1. The van der Waals surface area contributed by atoms with Crippen molar-refractivity contribution in [3.63, 3.8) is 0 Å². The quantitative estimate of drug-likeness (QED) is 0.714. The van der Waals surface area contributed by atoms with Gasteiger partial charge in [-0.15, -0.1) is 5.10 Å². The van der Waals surface area contributed by atoms with Crippen molar-refractivity contribution in [1.29, 1.82) is 0 Å². The van der Waals surface area contributed by atoms with Gasteiger partial charge in [-0.2, -0.15) is 4.98 Å². The van der Waals surface area contributed by atoms with Gasteiger partial charge in [-0.1, -0.05) is 37.7 Å². The van der Waals surface area contributed by atoms with Crippen molar-refractivity contribution < 1.29 is 9.32 Å². The third kappa shape index (κ3) is 3.98. The first-order chi connectivity index (χ1) is 11.7. The topological polar surface area (TPSA) is 98.2 Å². The van der Waals surface area contributed by atoms with E-state index < -0.39 is 0 Å². The number of aromatic nitrogens is 5. The maximum atomic E-state index is 12.1. The molecule has 25 heavy (non-hydrogen) atoms. The van der Waals surface area contributed by atoms with Crippen LogP contribution in [0.25, 0.3) is 5.78 Å². The maximum absolute atomic E-state index is 12.1. The second-order valence-electron chi connectivity index (χ2n) is 6.81. The molecular formula is C16H20N6O2S. The second kappa shape index (κ2) is 6.47. The molecule has 0 atom stereocenters. The Bertz CT molecular complexity index is 924. The Morgan fingerprint density at radius 1 is 1.28 bits per heavy atom. The van der Waals surface area contributed by atoms with Crippen molar-refractivity contribution in [2.75, 3.05) is 11.1 Å². The predicted molar refractivity (Wildman–Crippen MR) is 94.8 cm³/mol. The molecule has 0 aromatic carbocycles. The Morgan fingerprint density at radius 3 is 2.72 bits per heavy atom. The molecule has 3 heterocycles. The first-order valence-electron chi connectivity index (χ1n) is 7.83. The van der Waals surface area contributed by atoms with Gasteiger partial charge in [-0.05, 0) is 19.9 Å². The van der Waals surface area contributed by atoms with Crippen LogP contribution in [-0.4, -0.2) is 36.4 Å². The maximum Gasteiger partial charge on any atom is 0.253 e. The number of hydrogen-bond acceptors (Lipinski definition) is 7. The van der Waals surface area contributed by atoms with Crippen LogP contribution in [0.1, 0.15) is 37.9 Å². The van der Waals surface area contributed by atoms with Crippen LogP contribution in [0.15, 0.2) is 21.8 Å². The third-order valence-electron chi connectivity index (χ3n) is 3.47. The van der Waals surface area contributed by atoms with Crippen LogP contribution in [0.5, 0.6) is 0 Å². The van der Waals surface area contributed by atoms with Crippen molar-refractivity contribution in [2.24, 2.45) is 0 Å². The molecule has 0 aliphatic carbocycles. The number of carbonyl (C=O) groups excluding carboxylic acids is 1. The molecule has 0 bridgehead atoms. The molecule has 3 aromatic heterocycles. The van der Waals surface area contributed by atoms with Gasteiger partial charge in [0.05, 0.1) is 11.4 Å². The first-order valence-corrected chi connectivity index (χ1v) is 8.82. The van der Waals surface area contributed by atoms with Gasteiger partial charge >= 0.3 is 0 Å². The van der Waals surface area contributed by atoms with Gasteiger partial charge in [0.25, 0.3) is 5.78 Å². The normalized spacial score (nSPS) is 11.9. The van der Waals surface area contributed by atoms with Crippen molar-refractivity contribution in [3.05, 3.63) is 29.2 Å². The number of nitrogens with zero attached hydrogens (tertiary/aromatic N) is 5. The van der Waals surface area contributed by atoms with Gasteiger partial charge in [-0.3, -0.25) is 10.1 Å². The molecule has 1 N–H and O–H groups in total. The zero-order valence-electron chi connectivity index (χ0n) is 14.8. The van der Waals surface area contributed by atoms with Gasteiger partial charge in [0.15, 0.2) is 0 Å². The van der Waals surface area contributed by atoms with Crippen molar-refractivity contribution in [3.8, 4) is 0 Å². The van der Waals surface area contributed by atoms with E-state index in [1.807, 2.05) is 40.7 Å². The first kappa shape index (κ1) is 17.4. The summed E-state index contributed by atoms with van der Waals surface area (Å²) in [4.78, 5) is 20.8. The molecule has 3 rings (SSSR count). The Hall–Kier alpha value is -2.42. The summed E-state index contributed by atoms with van der Waals surface area (Å²) in [7, 11) is 0. The zero-order valence-corrected chi connectivity index (χ0v) is 15.6. The molecule has 0 saturated heterocycles. The highest BCUT2D eigenvalue weighted by Gasteiger charge is 2.20. The molecule has 0 fully saturated rings. The number of hydrogen-bond donors (Lipinski definition) is 1. The Kier molecular flexibility index (Phi) is 4.51. The molecule has 132 valence electrons. The number of carbonyl (C=O) groups is 1. The summed E-state index contributed by atoms with van der Waals surface area (Å²) in [6, 6.07) is 3.67. The second-order valence-corrected chi connectivity index (χ2v) is 7.75. The summed E-state index contributed by atoms with van der Waals surface area (Å²) in [5, 5.41) is 11.5. The standard InChI is InChI=1S/C16H20N6O2S/c1-9-6-10(2)22-14(17-9)19-15(20-22)25-8-12(23)18-13-7-11(21-24-13)16(3,4)5/h6-7H,8H2,1-5H3,(H,18,23). The molecule has 0 aliphatic rings. The van der Waals surface area contributed by atoms with Crippen molar-refractivity contribution >= 4 is 29.3 Å². The van der Waals surface area contributed by atoms with E-state index in [9.17, 15) is 4.79 Å². The number of thioether (sulfide) groups is 1. The summed E-state index contributed by atoms with van der Waals surface area (Å²) in [5.41, 5.74) is 2.48. The fraction of sp³-hybridized carbons (Fsp3) is 0.438. The summed E-state index contributed by atoms with van der Waals surface area (Å²) in [6.45, 7) is 9.93. The van der Waals surface area contributed by atoms with E-state index in [4.69, 9.17) is 4.52 Å². The lowest BCUT2D eigenvalue weighted by molar-refractivity contribution is -0.113. The molecule has 0 radical (unpaired) electrons. The Labute approximate surface area is 149 Å². The van der Waals surface area contributed by atoms with Gasteiger partial charge in [0.1, 0.15) is 0 Å². The minimum absolute atomic E-state index is 0.134.